The SMILES string of the molecule is Cc1nccc(-c2noc([C@H]3CCCNC3)n2)n1. The first-order chi connectivity index (χ1) is 8.83. The molecule has 3 rings (SSSR count). The van der Waals surface area contributed by atoms with Crippen molar-refractivity contribution in [3.05, 3.63) is 24.0 Å². The molecular formula is C12H15N5O. The monoisotopic (exact) mass is 245 g/mol. The highest BCUT2D eigenvalue weighted by atomic mass is 16.5. The van der Waals surface area contributed by atoms with Gasteiger partial charge in [-0.15, -0.1) is 0 Å². The lowest BCUT2D eigenvalue weighted by Crippen LogP contribution is -2.28. The zero-order chi connectivity index (χ0) is 12.4. The van der Waals surface area contributed by atoms with Gasteiger partial charge in [-0.05, 0) is 32.4 Å². The van der Waals surface area contributed by atoms with Crippen molar-refractivity contribution in [2.45, 2.75) is 25.7 Å². The quantitative estimate of drug-likeness (QED) is 0.859. The fraction of sp³-hybridized carbons (Fsp3) is 0.500. The second-order valence-corrected chi connectivity index (χ2v) is 4.49. The highest BCUT2D eigenvalue weighted by Gasteiger charge is 2.21. The number of rotatable bonds is 2. The number of hydrogen-bond acceptors (Lipinski definition) is 6. The Labute approximate surface area is 105 Å². The lowest BCUT2D eigenvalue weighted by atomic mass is 10.00. The molecule has 1 saturated heterocycles. The molecule has 3 heterocycles. The third-order valence-corrected chi connectivity index (χ3v) is 3.09. The van der Waals surface area contributed by atoms with Gasteiger partial charge in [-0.25, -0.2) is 9.97 Å². The average molecular weight is 245 g/mol. The van der Waals surface area contributed by atoms with E-state index >= 15 is 0 Å². The first-order valence-corrected chi connectivity index (χ1v) is 6.17. The Bertz CT molecular complexity index is 533. The molecule has 0 spiro atoms. The number of aromatic nitrogens is 4. The summed E-state index contributed by atoms with van der Waals surface area (Å²) in [5.41, 5.74) is 0.710. The van der Waals surface area contributed by atoms with Gasteiger partial charge in [0.1, 0.15) is 11.5 Å². The van der Waals surface area contributed by atoms with Crippen LogP contribution in [0.3, 0.4) is 0 Å². The van der Waals surface area contributed by atoms with Gasteiger partial charge in [0, 0.05) is 12.7 Å². The lowest BCUT2D eigenvalue weighted by Gasteiger charge is -2.18. The van der Waals surface area contributed by atoms with Crippen molar-refractivity contribution in [2.75, 3.05) is 13.1 Å². The van der Waals surface area contributed by atoms with Gasteiger partial charge in [-0.3, -0.25) is 0 Å². The summed E-state index contributed by atoms with van der Waals surface area (Å²) in [6.45, 7) is 3.82. The standard InChI is InChI=1S/C12H15N5O/c1-8-14-6-4-10(15-8)11-16-12(18-17-11)9-3-2-5-13-7-9/h4,6,9,13H,2-3,5,7H2,1H3/t9-/m0/s1. The average Bonchev–Trinajstić information content (AvgIpc) is 2.89. The molecular weight excluding hydrogens is 230 g/mol. The Kier molecular flexibility index (Phi) is 3.02. The Morgan fingerprint density at radius 3 is 3.11 bits per heavy atom. The first kappa shape index (κ1) is 11.3. The van der Waals surface area contributed by atoms with Crippen molar-refractivity contribution in [2.24, 2.45) is 0 Å². The number of piperidine rings is 1. The van der Waals surface area contributed by atoms with Gasteiger partial charge in [0.05, 0.1) is 5.92 Å². The normalized spacial score (nSPS) is 19.9. The highest BCUT2D eigenvalue weighted by molar-refractivity contribution is 5.47. The Morgan fingerprint density at radius 2 is 2.33 bits per heavy atom. The summed E-state index contributed by atoms with van der Waals surface area (Å²) in [6.07, 6.45) is 3.95. The molecule has 0 radical (unpaired) electrons. The van der Waals surface area contributed by atoms with Gasteiger partial charge in [-0.1, -0.05) is 5.16 Å². The van der Waals surface area contributed by atoms with Crippen LogP contribution >= 0.6 is 0 Å². The molecule has 2 aromatic rings. The fourth-order valence-corrected chi connectivity index (χ4v) is 2.15. The largest absolute Gasteiger partial charge is 0.339 e. The predicted octanol–water partition coefficient (Wildman–Crippen LogP) is 1.30. The van der Waals surface area contributed by atoms with E-state index in [4.69, 9.17) is 4.52 Å². The summed E-state index contributed by atoms with van der Waals surface area (Å²) < 4.78 is 5.34. The van der Waals surface area contributed by atoms with E-state index in [1.807, 2.05) is 6.92 Å². The van der Waals surface area contributed by atoms with Crippen molar-refractivity contribution >= 4 is 0 Å². The van der Waals surface area contributed by atoms with E-state index in [2.05, 4.69) is 25.4 Å². The molecule has 1 fully saturated rings. The van der Waals surface area contributed by atoms with Crippen molar-refractivity contribution < 1.29 is 4.52 Å². The second kappa shape index (κ2) is 4.81. The molecule has 1 aliphatic heterocycles. The second-order valence-electron chi connectivity index (χ2n) is 4.49. The molecule has 0 bridgehead atoms. The van der Waals surface area contributed by atoms with E-state index < -0.39 is 0 Å². The Morgan fingerprint density at radius 1 is 1.39 bits per heavy atom. The molecule has 6 nitrogen and oxygen atoms in total. The number of hydrogen-bond donors (Lipinski definition) is 1. The van der Waals surface area contributed by atoms with Gasteiger partial charge < -0.3 is 9.84 Å². The molecule has 1 atom stereocenters. The number of aryl methyl sites for hydroxylation is 1. The minimum Gasteiger partial charge on any atom is -0.339 e. The Hall–Kier alpha value is -1.82. The fourth-order valence-electron chi connectivity index (χ4n) is 2.15. The molecule has 1 N–H and O–H groups in total. The molecule has 94 valence electrons. The van der Waals surface area contributed by atoms with Crippen LogP contribution in [0.15, 0.2) is 16.8 Å². The van der Waals surface area contributed by atoms with Crippen molar-refractivity contribution in [1.29, 1.82) is 0 Å². The van der Waals surface area contributed by atoms with Crippen molar-refractivity contribution in [1.82, 2.24) is 25.4 Å². The molecule has 0 amide bonds. The third-order valence-electron chi connectivity index (χ3n) is 3.09. The summed E-state index contributed by atoms with van der Waals surface area (Å²) in [6, 6.07) is 1.79. The molecule has 0 aliphatic carbocycles. The van der Waals surface area contributed by atoms with E-state index in [1.54, 1.807) is 12.3 Å². The van der Waals surface area contributed by atoms with Crippen LogP contribution in [0.4, 0.5) is 0 Å². The van der Waals surface area contributed by atoms with Gasteiger partial charge in [-0.2, -0.15) is 4.98 Å². The van der Waals surface area contributed by atoms with Crippen LogP contribution in [0.25, 0.3) is 11.5 Å². The van der Waals surface area contributed by atoms with E-state index in [1.165, 1.54) is 0 Å². The van der Waals surface area contributed by atoms with E-state index in [9.17, 15) is 0 Å². The van der Waals surface area contributed by atoms with Crippen LogP contribution in [-0.2, 0) is 0 Å². The van der Waals surface area contributed by atoms with E-state index in [0.717, 1.165) is 25.9 Å². The van der Waals surface area contributed by atoms with Crippen LogP contribution in [0.1, 0.15) is 30.5 Å². The van der Waals surface area contributed by atoms with Gasteiger partial charge >= 0.3 is 0 Å². The molecule has 0 unspecified atom stereocenters. The zero-order valence-corrected chi connectivity index (χ0v) is 10.3. The highest BCUT2D eigenvalue weighted by Crippen LogP contribution is 2.23. The minimum absolute atomic E-state index is 0.322. The summed E-state index contributed by atoms with van der Waals surface area (Å²) >= 11 is 0. The smallest absolute Gasteiger partial charge is 0.231 e. The van der Waals surface area contributed by atoms with Crippen LogP contribution < -0.4 is 5.32 Å². The predicted molar refractivity (Wildman–Crippen MR) is 64.9 cm³/mol. The molecule has 0 aromatic carbocycles. The van der Waals surface area contributed by atoms with Gasteiger partial charge in [0.15, 0.2) is 0 Å². The van der Waals surface area contributed by atoms with Crippen LogP contribution in [0.2, 0.25) is 0 Å². The Balaban J connectivity index is 1.84. The first-order valence-electron chi connectivity index (χ1n) is 6.17. The van der Waals surface area contributed by atoms with Gasteiger partial charge in [0.25, 0.3) is 0 Å². The van der Waals surface area contributed by atoms with Crippen LogP contribution in [0, 0.1) is 6.92 Å². The van der Waals surface area contributed by atoms with Crippen LogP contribution in [-0.4, -0.2) is 33.2 Å². The van der Waals surface area contributed by atoms with Crippen LogP contribution in [0.5, 0.6) is 0 Å². The van der Waals surface area contributed by atoms with E-state index in [-0.39, 0.29) is 0 Å². The summed E-state index contributed by atoms with van der Waals surface area (Å²) in [5, 5.41) is 7.34. The molecule has 0 saturated carbocycles. The summed E-state index contributed by atoms with van der Waals surface area (Å²) in [4.78, 5) is 12.8. The maximum absolute atomic E-state index is 5.34. The maximum Gasteiger partial charge on any atom is 0.231 e. The summed E-state index contributed by atoms with van der Waals surface area (Å²) in [7, 11) is 0. The summed E-state index contributed by atoms with van der Waals surface area (Å²) in [5.74, 6) is 2.27. The van der Waals surface area contributed by atoms with Gasteiger partial charge in [0.2, 0.25) is 11.7 Å². The zero-order valence-electron chi connectivity index (χ0n) is 10.3. The maximum atomic E-state index is 5.34. The third kappa shape index (κ3) is 2.24. The number of nitrogens with one attached hydrogen (secondary N) is 1. The van der Waals surface area contributed by atoms with E-state index in [0.29, 0.717) is 29.2 Å². The molecule has 1 aliphatic rings. The minimum atomic E-state index is 0.322. The van der Waals surface area contributed by atoms with Crippen molar-refractivity contribution in [3.63, 3.8) is 0 Å². The molecule has 6 heteroatoms. The van der Waals surface area contributed by atoms with Crippen molar-refractivity contribution in [3.8, 4) is 11.5 Å². The lowest BCUT2D eigenvalue weighted by molar-refractivity contribution is 0.322. The topological polar surface area (TPSA) is 76.7 Å². The molecule has 18 heavy (non-hydrogen) atoms. The number of nitrogens with zero attached hydrogens (tertiary/aromatic N) is 4. The molecule has 2 aromatic heterocycles.